The van der Waals surface area contributed by atoms with E-state index in [2.05, 4.69) is 20.7 Å². The summed E-state index contributed by atoms with van der Waals surface area (Å²) in [5.41, 5.74) is 1.11. The molecule has 1 aliphatic rings. The molecule has 9 nitrogen and oxygen atoms in total. The molecule has 1 fully saturated rings. The number of tetrazole rings is 1. The highest BCUT2D eigenvalue weighted by molar-refractivity contribution is 6.01. The molecule has 0 radical (unpaired) electrons. The van der Waals surface area contributed by atoms with E-state index in [1.165, 1.54) is 21.8 Å². The number of nitrogens with one attached hydrogen (secondary N) is 1. The van der Waals surface area contributed by atoms with E-state index in [9.17, 15) is 14.0 Å². The number of carbonyl (C=O) groups is 2. The summed E-state index contributed by atoms with van der Waals surface area (Å²) >= 11 is 0. The second kappa shape index (κ2) is 11.4. The monoisotopic (exact) mass is 516 g/mol. The van der Waals surface area contributed by atoms with Crippen molar-refractivity contribution in [3.63, 3.8) is 0 Å². The van der Waals surface area contributed by atoms with Gasteiger partial charge in [0.1, 0.15) is 23.9 Å². The number of aromatic nitrogens is 4. The number of aryl methyl sites for hydroxylation is 1. The van der Waals surface area contributed by atoms with Gasteiger partial charge < -0.3 is 9.73 Å². The standard InChI is InChI=1S/C28H29FN6O3/c1-19-12-17-24(38-19)26(28(37)30-22-8-4-2-5-9-22)35(23-10-6-3-7-11-23)25(36)18-34-32-27(31-33-34)20-13-15-21(29)16-14-20/h3,6-7,10-17,22,26H,2,4-5,8-9,18H2,1H3,(H,30,37)/t26-/m1/s1. The van der Waals surface area contributed by atoms with Crippen molar-refractivity contribution in [2.45, 2.75) is 57.7 Å². The van der Waals surface area contributed by atoms with Crippen molar-refractivity contribution in [1.82, 2.24) is 25.5 Å². The van der Waals surface area contributed by atoms with Crippen molar-refractivity contribution < 1.29 is 18.4 Å². The molecule has 2 aromatic carbocycles. The van der Waals surface area contributed by atoms with Gasteiger partial charge in [-0.3, -0.25) is 14.5 Å². The fraction of sp³-hybridized carbons (Fsp3) is 0.321. The zero-order chi connectivity index (χ0) is 26.5. The van der Waals surface area contributed by atoms with Crippen LogP contribution in [0.3, 0.4) is 0 Å². The second-order valence-corrected chi connectivity index (χ2v) is 9.44. The maximum Gasteiger partial charge on any atom is 0.251 e. The van der Waals surface area contributed by atoms with E-state index >= 15 is 0 Å². The Morgan fingerprint density at radius 2 is 1.79 bits per heavy atom. The highest BCUT2D eigenvalue weighted by atomic mass is 19.1. The van der Waals surface area contributed by atoms with Gasteiger partial charge in [0.05, 0.1) is 0 Å². The van der Waals surface area contributed by atoms with Gasteiger partial charge in [0.2, 0.25) is 5.82 Å². The van der Waals surface area contributed by atoms with E-state index in [0.717, 1.165) is 32.1 Å². The maximum absolute atomic E-state index is 13.8. The first kappa shape index (κ1) is 25.3. The summed E-state index contributed by atoms with van der Waals surface area (Å²) in [4.78, 5) is 30.2. The molecule has 2 amide bonds. The Hall–Kier alpha value is -4.34. The van der Waals surface area contributed by atoms with Crippen LogP contribution in [0.4, 0.5) is 10.1 Å². The van der Waals surface area contributed by atoms with Crippen LogP contribution in [0.5, 0.6) is 0 Å². The van der Waals surface area contributed by atoms with Crippen LogP contribution in [0, 0.1) is 12.7 Å². The predicted molar refractivity (Wildman–Crippen MR) is 138 cm³/mol. The van der Waals surface area contributed by atoms with E-state index in [1.54, 1.807) is 55.5 Å². The lowest BCUT2D eigenvalue weighted by Gasteiger charge is -2.32. The van der Waals surface area contributed by atoms with E-state index in [0.29, 0.717) is 22.8 Å². The fourth-order valence-corrected chi connectivity index (χ4v) is 4.75. The normalized spacial score (nSPS) is 14.7. The first-order valence-corrected chi connectivity index (χ1v) is 12.8. The van der Waals surface area contributed by atoms with Crippen molar-refractivity contribution in [3.8, 4) is 11.4 Å². The second-order valence-electron chi connectivity index (χ2n) is 9.44. The molecule has 2 aromatic heterocycles. The molecule has 4 aromatic rings. The molecule has 10 heteroatoms. The minimum Gasteiger partial charge on any atom is -0.464 e. The van der Waals surface area contributed by atoms with E-state index in [1.807, 2.05) is 6.07 Å². The third kappa shape index (κ3) is 5.80. The zero-order valence-corrected chi connectivity index (χ0v) is 21.1. The Labute approximate surface area is 219 Å². The number of nitrogens with zero attached hydrogens (tertiary/aromatic N) is 5. The summed E-state index contributed by atoms with van der Waals surface area (Å²) in [7, 11) is 0. The number of rotatable bonds is 8. The summed E-state index contributed by atoms with van der Waals surface area (Å²) in [6.07, 6.45) is 5.09. The van der Waals surface area contributed by atoms with Crippen molar-refractivity contribution >= 4 is 17.5 Å². The topological polar surface area (TPSA) is 106 Å². The van der Waals surface area contributed by atoms with Crippen LogP contribution < -0.4 is 10.2 Å². The Morgan fingerprint density at radius 1 is 1.05 bits per heavy atom. The molecule has 0 aliphatic heterocycles. The molecule has 1 aliphatic carbocycles. The minimum atomic E-state index is -1.03. The highest BCUT2D eigenvalue weighted by Crippen LogP contribution is 2.30. The third-order valence-corrected chi connectivity index (χ3v) is 6.62. The number of hydrogen-bond acceptors (Lipinski definition) is 6. The molecule has 1 N–H and O–H groups in total. The van der Waals surface area contributed by atoms with E-state index < -0.39 is 11.9 Å². The van der Waals surface area contributed by atoms with Gasteiger partial charge in [0.15, 0.2) is 6.04 Å². The number of halogens is 1. The number of para-hydroxylation sites is 1. The van der Waals surface area contributed by atoms with Crippen LogP contribution in [-0.4, -0.2) is 38.1 Å². The Bertz CT molecular complexity index is 1380. The lowest BCUT2D eigenvalue weighted by Crippen LogP contribution is -2.48. The lowest BCUT2D eigenvalue weighted by molar-refractivity contribution is -0.128. The summed E-state index contributed by atoms with van der Waals surface area (Å²) in [6.45, 7) is 1.53. The number of carbonyl (C=O) groups excluding carboxylic acids is 2. The third-order valence-electron chi connectivity index (χ3n) is 6.62. The van der Waals surface area contributed by atoms with Crippen LogP contribution in [0.1, 0.15) is 49.7 Å². The molecule has 5 rings (SSSR count). The number of hydrogen-bond donors (Lipinski definition) is 1. The number of anilines is 1. The van der Waals surface area contributed by atoms with Gasteiger partial charge in [0.25, 0.3) is 11.8 Å². The smallest absolute Gasteiger partial charge is 0.251 e. The largest absolute Gasteiger partial charge is 0.464 e. The van der Waals surface area contributed by atoms with Crippen LogP contribution in [0.15, 0.2) is 71.1 Å². The molecular weight excluding hydrogens is 487 g/mol. The Morgan fingerprint density at radius 3 is 2.47 bits per heavy atom. The van der Waals surface area contributed by atoms with Crippen molar-refractivity contribution in [2.24, 2.45) is 0 Å². The molecule has 1 saturated carbocycles. The quantitative estimate of drug-likeness (QED) is 0.367. The lowest BCUT2D eigenvalue weighted by atomic mass is 9.95. The van der Waals surface area contributed by atoms with Crippen LogP contribution in [-0.2, 0) is 16.1 Å². The molecule has 0 spiro atoms. The van der Waals surface area contributed by atoms with Crippen molar-refractivity contribution in [2.75, 3.05) is 4.90 Å². The molecular formula is C28H29FN6O3. The summed E-state index contributed by atoms with van der Waals surface area (Å²) in [6, 6.07) is 17.2. The van der Waals surface area contributed by atoms with Crippen molar-refractivity contribution in [3.05, 3.63) is 84.1 Å². The van der Waals surface area contributed by atoms with Gasteiger partial charge in [-0.15, -0.1) is 10.2 Å². The first-order valence-electron chi connectivity index (χ1n) is 12.8. The molecule has 1 atom stereocenters. The van der Waals surface area contributed by atoms with Crippen LogP contribution >= 0.6 is 0 Å². The van der Waals surface area contributed by atoms with Crippen LogP contribution in [0.25, 0.3) is 11.4 Å². The fourth-order valence-electron chi connectivity index (χ4n) is 4.75. The number of amides is 2. The van der Waals surface area contributed by atoms with Crippen molar-refractivity contribution in [1.29, 1.82) is 0 Å². The first-order chi connectivity index (χ1) is 18.5. The molecule has 0 bridgehead atoms. The van der Waals surface area contributed by atoms with Gasteiger partial charge in [-0.25, -0.2) is 4.39 Å². The predicted octanol–water partition coefficient (Wildman–Crippen LogP) is 4.60. The number of benzene rings is 2. The average molecular weight is 517 g/mol. The van der Waals surface area contributed by atoms with E-state index in [4.69, 9.17) is 4.42 Å². The molecule has 0 unspecified atom stereocenters. The SMILES string of the molecule is Cc1ccc([C@H](C(=O)NC2CCCCC2)N(C(=O)Cn2nnc(-c3ccc(F)cc3)n2)c2ccccc2)o1. The number of furan rings is 1. The molecule has 0 saturated heterocycles. The maximum atomic E-state index is 13.8. The van der Waals surface area contributed by atoms with Gasteiger partial charge in [0, 0.05) is 17.3 Å². The zero-order valence-electron chi connectivity index (χ0n) is 21.1. The van der Waals surface area contributed by atoms with Gasteiger partial charge >= 0.3 is 0 Å². The van der Waals surface area contributed by atoms with E-state index in [-0.39, 0.29) is 30.1 Å². The van der Waals surface area contributed by atoms with Gasteiger partial charge in [-0.2, -0.15) is 4.80 Å². The summed E-state index contributed by atoms with van der Waals surface area (Å²) in [5.74, 6) is 0.168. The summed E-state index contributed by atoms with van der Waals surface area (Å²) in [5, 5.41) is 15.5. The highest BCUT2D eigenvalue weighted by Gasteiger charge is 2.36. The van der Waals surface area contributed by atoms with Crippen LogP contribution in [0.2, 0.25) is 0 Å². The van der Waals surface area contributed by atoms with Gasteiger partial charge in [-0.05, 0) is 73.5 Å². The Balaban J connectivity index is 1.46. The average Bonchev–Trinajstić information content (AvgIpc) is 3.57. The summed E-state index contributed by atoms with van der Waals surface area (Å²) < 4.78 is 19.2. The molecule has 38 heavy (non-hydrogen) atoms. The Kier molecular flexibility index (Phi) is 7.57. The molecule has 2 heterocycles. The molecule has 196 valence electrons. The minimum absolute atomic E-state index is 0.0535. The van der Waals surface area contributed by atoms with Gasteiger partial charge in [-0.1, -0.05) is 37.5 Å².